The van der Waals surface area contributed by atoms with Crippen LogP contribution in [-0.4, -0.2) is 18.0 Å². The number of amides is 1. The highest BCUT2D eigenvalue weighted by atomic mass is 19.1. The fourth-order valence-corrected chi connectivity index (χ4v) is 1.53. The molecule has 0 radical (unpaired) electrons. The van der Waals surface area contributed by atoms with Crippen LogP contribution in [0, 0.1) is 12.7 Å². The Morgan fingerprint density at radius 1 is 1.39 bits per heavy atom. The van der Waals surface area contributed by atoms with Gasteiger partial charge in [-0.15, -0.1) is 0 Å². The van der Waals surface area contributed by atoms with Crippen molar-refractivity contribution < 1.29 is 9.18 Å². The van der Waals surface area contributed by atoms with Crippen molar-refractivity contribution >= 4 is 11.6 Å². The molecule has 0 aliphatic heterocycles. The molecular formula is C14H21FN2O. The Labute approximate surface area is 108 Å². The molecule has 0 aromatic heterocycles. The van der Waals surface area contributed by atoms with Gasteiger partial charge in [0.2, 0.25) is 5.91 Å². The average Bonchev–Trinajstić information content (AvgIpc) is 2.28. The molecule has 18 heavy (non-hydrogen) atoms. The summed E-state index contributed by atoms with van der Waals surface area (Å²) < 4.78 is 13.5. The molecule has 0 spiro atoms. The normalized spacial score (nSPS) is 11.2. The lowest BCUT2D eigenvalue weighted by atomic mass is 10.0. The second-order valence-corrected chi connectivity index (χ2v) is 5.07. The summed E-state index contributed by atoms with van der Waals surface area (Å²) >= 11 is 0. The van der Waals surface area contributed by atoms with Gasteiger partial charge in [-0.3, -0.25) is 4.79 Å². The van der Waals surface area contributed by atoms with E-state index in [1.54, 1.807) is 19.1 Å². The van der Waals surface area contributed by atoms with Gasteiger partial charge in [0.05, 0.1) is 12.2 Å². The molecule has 100 valence electrons. The second kappa shape index (κ2) is 5.85. The molecule has 1 rings (SSSR count). The minimum absolute atomic E-state index is 0.0746. The summed E-state index contributed by atoms with van der Waals surface area (Å²) in [6.07, 6.45) is 0.845. The molecule has 0 heterocycles. The Bertz CT molecular complexity index is 410. The van der Waals surface area contributed by atoms with Crippen LogP contribution in [0.2, 0.25) is 0 Å². The van der Waals surface area contributed by atoms with Crippen molar-refractivity contribution in [3.8, 4) is 0 Å². The van der Waals surface area contributed by atoms with E-state index in [2.05, 4.69) is 10.6 Å². The third-order valence-corrected chi connectivity index (χ3v) is 3.01. The van der Waals surface area contributed by atoms with Crippen molar-refractivity contribution in [3.05, 3.63) is 29.6 Å². The summed E-state index contributed by atoms with van der Waals surface area (Å²) in [6.45, 7) is 7.80. The van der Waals surface area contributed by atoms with Crippen molar-refractivity contribution in [1.29, 1.82) is 0 Å². The molecule has 1 aromatic carbocycles. The Hall–Kier alpha value is -1.58. The zero-order valence-corrected chi connectivity index (χ0v) is 11.4. The monoisotopic (exact) mass is 252 g/mol. The summed E-state index contributed by atoms with van der Waals surface area (Å²) in [7, 11) is 0. The lowest BCUT2D eigenvalue weighted by Crippen LogP contribution is -2.45. The number of hydrogen-bond acceptors (Lipinski definition) is 2. The number of hydrogen-bond donors (Lipinski definition) is 2. The molecule has 0 aliphatic carbocycles. The second-order valence-electron chi connectivity index (χ2n) is 5.07. The molecule has 0 saturated carbocycles. The van der Waals surface area contributed by atoms with Gasteiger partial charge in [-0.25, -0.2) is 4.39 Å². The first-order valence-corrected chi connectivity index (χ1v) is 6.15. The van der Waals surface area contributed by atoms with Gasteiger partial charge in [0, 0.05) is 5.54 Å². The van der Waals surface area contributed by atoms with Crippen LogP contribution in [0.25, 0.3) is 0 Å². The molecule has 0 atom stereocenters. The lowest BCUT2D eigenvalue weighted by Gasteiger charge is -2.24. The van der Waals surface area contributed by atoms with E-state index in [-0.39, 0.29) is 23.8 Å². The fourth-order valence-electron chi connectivity index (χ4n) is 1.53. The number of para-hydroxylation sites is 1. The van der Waals surface area contributed by atoms with Crippen molar-refractivity contribution in [2.75, 3.05) is 11.9 Å². The molecule has 1 amide bonds. The molecular weight excluding hydrogens is 231 g/mol. The first-order valence-electron chi connectivity index (χ1n) is 6.15. The zero-order valence-electron chi connectivity index (χ0n) is 11.4. The minimum Gasteiger partial charge on any atom is -0.374 e. The summed E-state index contributed by atoms with van der Waals surface area (Å²) in [5, 5.41) is 5.73. The van der Waals surface area contributed by atoms with Crippen LogP contribution in [0.5, 0.6) is 0 Å². The largest absolute Gasteiger partial charge is 0.374 e. The maximum atomic E-state index is 13.5. The number of rotatable bonds is 5. The highest BCUT2D eigenvalue weighted by Crippen LogP contribution is 2.18. The molecule has 2 N–H and O–H groups in total. The van der Waals surface area contributed by atoms with Crippen molar-refractivity contribution in [2.45, 2.75) is 39.7 Å². The van der Waals surface area contributed by atoms with Crippen LogP contribution in [0.3, 0.4) is 0 Å². The van der Waals surface area contributed by atoms with Crippen molar-refractivity contribution in [1.82, 2.24) is 5.32 Å². The minimum atomic E-state index is -0.336. The maximum Gasteiger partial charge on any atom is 0.239 e. The number of benzene rings is 1. The Morgan fingerprint density at radius 2 is 2.06 bits per heavy atom. The number of nitrogens with one attached hydrogen (secondary N) is 2. The predicted molar refractivity (Wildman–Crippen MR) is 72.1 cm³/mol. The molecule has 1 aromatic rings. The standard InChI is InChI=1S/C14H21FN2O/c1-5-14(3,4)17-12(18)9-16-13-10(2)7-6-8-11(13)15/h6-8,16H,5,9H2,1-4H3,(H,17,18). The van der Waals surface area contributed by atoms with Gasteiger partial charge < -0.3 is 10.6 Å². The Kier molecular flexibility index (Phi) is 4.70. The van der Waals surface area contributed by atoms with Gasteiger partial charge in [0.25, 0.3) is 0 Å². The van der Waals surface area contributed by atoms with Crippen molar-refractivity contribution in [2.24, 2.45) is 0 Å². The number of carbonyl (C=O) groups is 1. The maximum absolute atomic E-state index is 13.5. The summed E-state index contributed by atoms with van der Waals surface area (Å²) in [4.78, 5) is 11.7. The number of halogens is 1. The first-order chi connectivity index (χ1) is 8.35. The van der Waals surface area contributed by atoms with Gasteiger partial charge in [0.15, 0.2) is 0 Å². The van der Waals surface area contributed by atoms with Gasteiger partial charge in [0.1, 0.15) is 5.82 Å². The smallest absolute Gasteiger partial charge is 0.239 e. The third kappa shape index (κ3) is 4.02. The SMILES string of the molecule is CCC(C)(C)NC(=O)CNc1c(C)cccc1F. The average molecular weight is 252 g/mol. The van der Waals surface area contributed by atoms with E-state index >= 15 is 0 Å². The molecule has 0 aliphatic rings. The quantitative estimate of drug-likeness (QED) is 0.846. The number of anilines is 1. The summed E-state index contributed by atoms with van der Waals surface area (Å²) in [5.41, 5.74) is 0.947. The molecule has 3 nitrogen and oxygen atoms in total. The zero-order chi connectivity index (χ0) is 13.8. The van der Waals surface area contributed by atoms with E-state index in [9.17, 15) is 9.18 Å². The van der Waals surface area contributed by atoms with E-state index in [1.165, 1.54) is 6.07 Å². The summed E-state index contributed by atoms with van der Waals surface area (Å²) in [5.74, 6) is -0.470. The third-order valence-electron chi connectivity index (χ3n) is 3.01. The number of aryl methyl sites for hydroxylation is 1. The molecule has 4 heteroatoms. The van der Waals surface area contributed by atoms with E-state index in [0.29, 0.717) is 5.69 Å². The fraction of sp³-hybridized carbons (Fsp3) is 0.500. The van der Waals surface area contributed by atoms with Crippen LogP contribution in [0.4, 0.5) is 10.1 Å². The van der Waals surface area contributed by atoms with Crippen LogP contribution in [0.1, 0.15) is 32.8 Å². The molecule has 0 bridgehead atoms. The Balaban J connectivity index is 2.58. The van der Waals surface area contributed by atoms with Crippen LogP contribution in [-0.2, 0) is 4.79 Å². The summed E-state index contributed by atoms with van der Waals surface area (Å²) in [6, 6.07) is 4.83. The van der Waals surface area contributed by atoms with E-state index in [4.69, 9.17) is 0 Å². The predicted octanol–water partition coefficient (Wildman–Crippen LogP) is 2.85. The van der Waals surface area contributed by atoms with Crippen LogP contribution >= 0.6 is 0 Å². The highest BCUT2D eigenvalue weighted by Gasteiger charge is 2.17. The van der Waals surface area contributed by atoms with E-state index in [0.717, 1.165) is 12.0 Å². The van der Waals surface area contributed by atoms with Crippen LogP contribution in [0.15, 0.2) is 18.2 Å². The van der Waals surface area contributed by atoms with Crippen molar-refractivity contribution in [3.63, 3.8) is 0 Å². The molecule has 0 fully saturated rings. The molecule has 0 unspecified atom stereocenters. The first kappa shape index (κ1) is 14.5. The van der Waals surface area contributed by atoms with Gasteiger partial charge in [-0.1, -0.05) is 19.1 Å². The molecule has 0 saturated heterocycles. The van der Waals surface area contributed by atoms with E-state index in [1.807, 2.05) is 20.8 Å². The van der Waals surface area contributed by atoms with Gasteiger partial charge >= 0.3 is 0 Å². The Morgan fingerprint density at radius 3 is 2.61 bits per heavy atom. The van der Waals surface area contributed by atoms with E-state index < -0.39 is 0 Å². The highest BCUT2D eigenvalue weighted by molar-refractivity contribution is 5.81. The van der Waals surface area contributed by atoms with Crippen LogP contribution < -0.4 is 10.6 Å². The topological polar surface area (TPSA) is 41.1 Å². The lowest BCUT2D eigenvalue weighted by molar-refractivity contribution is -0.121. The van der Waals surface area contributed by atoms with Gasteiger partial charge in [-0.2, -0.15) is 0 Å². The van der Waals surface area contributed by atoms with Gasteiger partial charge in [-0.05, 0) is 38.8 Å². The number of carbonyl (C=O) groups excluding carboxylic acids is 1.